The summed E-state index contributed by atoms with van der Waals surface area (Å²) in [5.41, 5.74) is 7.66. The van der Waals surface area contributed by atoms with E-state index in [4.69, 9.17) is 15.2 Å². The molecule has 1 aliphatic carbocycles. The Hall–Kier alpha value is -3.17. The number of aromatic nitrogens is 3. The Morgan fingerprint density at radius 1 is 1.23 bits per heavy atom. The van der Waals surface area contributed by atoms with Crippen LogP contribution < -0.4 is 11.1 Å². The topological polar surface area (TPSA) is 124 Å². The van der Waals surface area contributed by atoms with Crippen molar-refractivity contribution in [3.8, 4) is 5.69 Å². The lowest BCUT2D eigenvalue weighted by Crippen LogP contribution is -2.39. The first-order valence-corrected chi connectivity index (χ1v) is 10.4. The smallest absolute Gasteiger partial charge is 0.253 e. The van der Waals surface area contributed by atoms with E-state index in [2.05, 4.69) is 15.3 Å². The number of hydrogen-bond donors (Lipinski definition) is 3. The average Bonchev–Trinajstić information content (AvgIpc) is 3.44. The van der Waals surface area contributed by atoms with Crippen molar-refractivity contribution in [1.82, 2.24) is 19.9 Å². The number of carbonyl (C=O) groups excluding carboxylic acids is 2. The number of amides is 2. The number of carbonyl (C=O) groups is 2. The predicted molar refractivity (Wildman–Crippen MR) is 115 cm³/mol. The molecule has 2 heterocycles. The maximum atomic E-state index is 13.2. The monoisotopic (exact) mass is 425 g/mol. The lowest BCUT2D eigenvalue weighted by molar-refractivity contribution is -0.00408. The molecule has 2 amide bonds. The zero-order valence-corrected chi connectivity index (χ0v) is 17.5. The number of ether oxygens (including phenoxy) is 2. The quantitative estimate of drug-likeness (QED) is 0.477. The summed E-state index contributed by atoms with van der Waals surface area (Å²) in [5.74, 6) is -0.735. The Bertz CT molecular complexity index is 1050. The molecule has 1 aliphatic rings. The van der Waals surface area contributed by atoms with Gasteiger partial charge in [0, 0.05) is 42.8 Å². The van der Waals surface area contributed by atoms with Gasteiger partial charge in [-0.05, 0) is 37.8 Å². The number of H-pyrrole nitrogens is 1. The Balaban J connectivity index is 1.53. The summed E-state index contributed by atoms with van der Waals surface area (Å²) in [6, 6.07) is 3.69. The third-order valence-electron chi connectivity index (χ3n) is 5.74. The summed E-state index contributed by atoms with van der Waals surface area (Å²) in [5, 5.41) is 3.76. The highest BCUT2D eigenvalue weighted by molar-refractivity contribution is 6.13. The van der Waals surface area contributed by atoms with Crippen molar-refractivity contribution >= 4 is 22.7 Å². The van der Waals surface area contributed by atoms with E-state index in [1.807, 2.05) is 6.07 Å². The van der Waals surface area contributed by atoms with E-state index < -0.39 is 5.91 Å². The number of rotatable bonds is 8. The number of nitrogens with one attached hydrogen (secondary N) is 2. The summed E-state index contributed by atoms with van der Waals surface area (Å²) in [7, 11) is 1.66. The van der Waals surface area contributed by atoms with Crippen LogP contribution >= 0.6 is 0 Å². The number of hydrogen-bond acceptors (Lipinski definition) is 5. The average molecular weight is 425 g/mol. The summed E-state index contributed by atoms with van der Waals surface area (Å²) >= 11 is 0. The van der Waals surface area contributed by atoms with Gasteiger partial charge in [0.15, 0.2) is 0 Å². The summed E-state index contributed by atoms with van der Waals surface area (Å²) in [6.45, 7) is 1.18. The van der Waals surface area contributed by atoms with Crippen LogP contribution in [0.2, 0.25) is 0 Å². The van der Waals surface area contributed by atoms with Gasteiger partial charge >= 0.3 is 0 Å². The highest BCUT2D eigenvalue weighted by atomic mass is 16.5. The minimum atomic E-state index is -0.549. The van der Waals surface area contributed by atoms with E-state index in [-0.39, 0.29) is 18.1 Å². The largest absolute Gasteiger partial charge is 0.382 e. The number of nitrogens with two attached hydrogens (primary N) is 1. The van der Waals surface area contributed by atoms with Crippen LogP contribution in [0.1, 0.15) is 46.4 Å². The van der Waals surface area contributed by atoms with E-state index in [0.29, 0.717) is 35.2 Å². The second-order valence-electron chi connectivity index (χ2n) is 7.76. The van der Waals surface area contributed by atoms with Crippen molar-refractivity contribution in [2.75, 3.05) is 20.3 Å². The van der Waals surface area contributed by atoms with E-state index >= 15 is 0 Å². The van der Waals surface area contributed by atoms with Gasteiger partial charge in [-0.2, -0.15) is 0 Å². The van der Waals surface area contributed by atoms with Crippen molar-refractivity contribution in [1.29, 1.82) is 0 Å². The molecule has 1 aromatic carbocycles. The maximum Gasteiger partial charge on any atom is 0.253 e. The third kappa shape index (κ3) is 4.62. The van der Waals surface area contributed by atoms with Crippen molar-refractivity contribution in [3.63, 3.8) is 0 Å². The van der Waals surface area contributed by atoms with Crippen molar-refractivity contribution in [3.05, 3.63) is 48.2 Å². The number of imidazole rings is 1. The molecule has 0 spiro atoms. The number of nitrogens with zero attached hydrogens (tertiary/aromatic N) is 2. The molecule has 0 unspecified atom stereocenters. The van der Waals surface area contributed by atoms with Crippen LogP contribution in [0.5, 0.6) is 0 Å². The van der Waals surface area contributed by atoms with E-state index in [1.54, 1.807) is 42.7 Å². The zero-order valence-electron chi connectivity index (χ0n) is 17.5. The molecule has 9 heteroatoms. The van der Waals surface area contributed by atoms with E-state index in [1.165, 1.54) is 0 Å². The molecule has 0 atom stereocenters. The van der Waals surface area contributed by atoms with Crippen LogP contribution in [-0.4, -0.2) is 58.8 Å². The van der Waals surface area contributed by atoms with Gasteiger partial charge in [0.05, 0.1) is 42.3 Å². The molecule has 164 valence electrons. The highest BCUT2D eigenvalue weighted by Gasteiger charge is 2.25. The molecule has 1 saturated carbocycles. The fourth-order valence-electron chi connectivity index (χ4n) is 4.10. The fourth-order valence-corrected chi connectivity index (χ4v) is 4.10. The molecule has 4 N–H and O–H groups in total. The first-order valence-electron chi connectivity index (χ1n) is 10.4. The van der Waals surface area contributed by atoms with Crippen LogP contribution in [-0.2, 0) is 9.47 Å². The lowest BCUT2D eigenvalue weighted by Gasteiger charge is -2.29. The van der Waals surface area contributed by atoms with Crippen LogP contribution in [0.4, 0.5) is 0 Å². The SMILES string of the molecule is COCCO[C@H]1CC[C@H](NC(=O)c2cc(-n3ccnc3)cc3c(C(N)=O)c[nH]c23)CC1. The normalized spacial score (nSPS) is 18.9. The van der Waals surface area contributed by atoms with Gasteiger partial charge in [-0.15, -0.1) is 0 Å². The van der Waals surface area contributed by atoms with Crippen LogP contribution in [0.25, 0.3) is 16.6 Å². The molecule has 0 bridgehead atoms. The second-order valence-corrected chi connectivity index (χ2v) is 7.76. The van der Waals surface area contributed by atoms with Gasteiger partial charge in [-0.1, -0.05) is 0 Å². The summed E-state index contributed by atoms with van der Waals surface area (Å²) in [4.78, 5) is 32.2. The fraction of sp³-hybridized carbons (Fsp3) is 0.409. The maximum absolute atomic E-state index is 13.2. The Kier molecular flexibility index (Phi) is 6.34. The first-order chi connectivity index (χ1) is 15.1. The van der Waals surface area contributed by atoms with Crippen LogP contribution in [0.3, 0.4) is 0 Å². The van der Waals surface area contributed by atoms with Gasteiger partial charge in [0.1, 0.15) is 0 Å². The molecule has 4 rings (SSSR count). The molecular weight excluding hydrogens is 398 g/mol. The molecule has 0 aliphatic heterocycles. The van der Waals surface area contributed by atoms with E-state index in [9.17, 15) is 9.59 Å². The van der Waals surface area contributed by atoms with Gasteiger partial charge in [0.25, 0.3) is 11.8 Å². The third-order valence-corrected chi connectivity index (χ3v) is 5.74. The number of methoxy groups -OCH3 is 1. The summed E-state index contributed by atoms with van der Waals surface area (Å²) in [6.07, 6.45) is 10.3. The number of fused-ring (bicyclic) bond motifs is 1. The molecule has 31 heavy (non-hydrogen) atoms. The second kappa shape index (κ2) is 9.32. The van der Waals surface area contributed by atoms with Crippen molar-refractivity contribution in [2.24, 2.45) is 5.73 Å². The Morgan fingerprint density at radius 2 is 2.03 bits per heavy atom. The predicted octanol–water partition coefficient (Wildman–Crippen LogP) is 2.16. The van der Waals surface area contributed by atoms with Gasteiger partial charge in [-0.25, -0.2) is 4.98 Å². The Labute approximate surface area is 179 Å². The van der Waals surface area contributed by atoms with E-state index in [0.717, 1.165) is 31.4 Å². The molecule has 3 aromatic rings. The van der Waals surface area contributed by atoms with Gasteiger partial charge in [0.2, 0.25) is 0 Å². The van der Waals surface area contributed by atoms with Crippen molar-refractivity contribution < 1.29 is 19.1 Å². The molecule has 9 nitrogen and oxygen atoms in total. The van der Waals surface area contributed by atoms with Crippen LogP contribution in [0.15, 0.2) is 37.1 Å². The van der Waals surface area contributed by atoms with Gasteiger partial charge in [-0.3, -0.25) is 9.59 Å². The van der Waals surface area contributed by atoms with Crippen molar-refractivity contribution in [2.45, 2.75) is 37.8 Å². The minimum absolute atomic E-state index is 0.0762. The molecule has 0 radical (unpaired) electrons. The molecular formula is C22H27N5O4. The molecule has 2 aromatic heterocycles. The number of benzene rings is 1. The lowest BCUT2D eigenvalue weighted by atomic mass is 9.92. The number of aromatic amines is 1. The minimum Gasteiger partial charge on any atom is -0.382 e. The molecule has 0 saturated heterocycles. The first kappa shape index (κ1) is 21.1. The number of primary amides is 1. The summed E-state index contributed by atoms with van der Waals surface area (Å²) < 4.78 is 12.6. The molecule has 1 fully saturated rings. The van der Waals surface area contributed by atoms with Crippen LogP contribution in [0, 0.1) is 0 Å². The van der Waals surface area contributed by atoms with Gasteiger partial charge < -0.3 is 30.1 Å². The Morgan fingerprint density at radius 3 is 2.71 bits per heavy atom. The highest BCUT2D eigenvalue weighted by Crippen LogP contribution is 2.27. The zero-order chi connectivity index (χ0) is 21.8. The standard InChI is InChI=1S/C22H27N5O4/c1-30-8-9-31-16-4-2-14(3-5-16)26-22(29)18-11-15(27-7-6-24-13-27)10-17-19(21(23)28)12-25-20(17)18/h6-7,10-14,16,25H,2-5,8-9H2,1H3,(H2,23,28)(H,26,29)/t14-,16-.